The molecule has 0 fully saturated rings. The Morgan fingerprint density at radius 3 is 3.06 bits per heavy atom. The Kier molecular flexibility index (Phi) is 3.93. The number of nitrogens with zero attached hydrogens (tertiary/aromatic N) is 1. The average molecular weight is 224 g/mol. The van der Waals surface area contributed by atoms with E-state index in [4.69, 9.17) is 0 Å². The van der Waals surface area contributed by atoms with E-state index in [1.54, 1.807) is 0 Å². The van der Waals surface area contributed by atoms with Crippen LogP contribution in [0, 0.1) is 0 Å². The minimum Gasteiger partial charge on any atom is -0.370 e. The van der Waals surface area contributed by atoms with Gasteiger partial charge in [-0.15, -0.1) is 0 Å². The molecule has 16 heavy (non-hydrogen) atoms. The SMILES string of the molecule is CCC(CCNC)N1CNC2=C1NCCC2. The molecular weight excluding hydrogens is 200 g/mol. The van der Waals surface area contributed by atoms with Crippen LogP contribution in [0.25, 0.3) is 0 Å². The second kappa shape index (κ2) is 5.43. The molecule has 0 spiro atoms. The van der Waals surface area contributed by atoms with Gasteiger partial charge in [0.05, 0.1) is 12.4 Å². The summed E-state index contributed by atoms with van der Waals surface area (Å²) >= 11 is 0. The van der Waals surface area contributed by atoms with Crippen molar-refractivity contribution >= 4 is 0 Å². The molecule has 0 aliphatic carbocycles. The molecule has 0 aromatic heterocycles. The molecule has 1 atom stereocenters. The Morgan fingerprint density at radius 1 is 1.44 bits per heavy atom. The van der Waals surface area contributed by atoms with Crippen LogP contribution in [0.2, 0.25) is 0 Å². The van der Waals surface area contributed by atoms with Crippen molar-refractivity contribution in [2.24, 2.45) is 0 Å². The summed E-state index contributed by atoms with van der Waals surface area (Å²) in [6, 6.07) is 0.651. The topological polar surface area (TPSA) is 39.3 Å². The van der Waals surface area contributed by atoms with Crippen LogP contribution in [-0.2, 0) is 0 Å². The first-order valence-corrected chi connectivity index (χ1v) is 6.49. The Morgan fingerprint density at radius 2 is 2.31 bits per heavy atom. The Balaban J connectivity index is 2.00. The van der Waals surface area contributed by atoms with Gasteiger partial charge in [0, 0.05) is 12.6 Å². The number of allylic oxidation sites excluding steroid dienone is 1. The van der Waals surface area contributed by atoms with Crippen molar-refractivity contribution < 1.29 is 0 Å². The van der Waals surface area contributed by atoms with Gasteiger partial charge >= 0.3 is 0 Å². The zero-order valence-electron chi connectivity index (χ0n) is 10.5. The van der Waals surface area contributed by atoms with Crippen molar-refractivity contribution in [2.45, 2.75) is 38.6 Å². The van der Waals surface area contributed by atoms with Gasteiger partial charge in [0.2, 0.25) is 0 Å². The van der Waals surface area contributed by atoms with Crippen molar-refractivity contribution in [1.82, 2.24) is 20.9 Å². The summed E-state index contributed by atoms with van der Waals surface area (Å²) in [5, 5.41) is 10.3. The maximum Gasteiger partial charge on any atom is 0.123 e. The van der Waals surface area contributed by atoms with Gasteiger partial charge in [-0.25, -0.2) is 0 Å². The van der Waals surface area contributed by atoms with Gasteiger partial charge in [0.25, 0.3) is 0 Å². The maximum atomic E-state index is 3.54. The second-order valence-electron chi connectivity index (χ2n) is 4.62. The first-order chi connectivity index (χ1) is 7.86. The van der Waals surface area contributed by atoms with Crippen LogP contribution in [-0.4, -0.2) is 37.7 Å². The Labute approximate surface area is 98.5 Å². The lowest BCUT2D eigenvalue weighted by Crippen LogP contribution is -2.40. The number of hydrogen-bond acceptors (Lipinski definition) is 4. The highest BCUT2D eigenvalue weighted by atomic mass is 15.4. The molecule has 0 saturated heterocycles. The maximum absolute atomic E-state index is 3.54. The van der Waals surface area contributed by atoms with E-state index in [1.165, 1.54) is 37.2 Å². The normalized spacial score (nSPS) is 21.5. The fourth-order valence-electron chi connectivity index (χ4n) is 2.61. The lowest BCUT2D eigenvalue weighted by molar-refractivity contribution is 0.231. The van der Waals surface area contributed by atoms with E-state index in [1.807, 2.05) is 7.05 Å². The molecule has 92 valence electrons. The lowest BCUT2D eigenvalue weighted by atomic mass is 10.1. The lowest BCUT2D eigenvalue weighted by Gasteiger charge is -2.32. The van der Waals surface area contributed by atoms with Crippen LogP contribution in [0.4, 0.5) is 0 Å². The number of nitrogens with one attached hydrogen (secondary N) is 3. The summed E-state index contributed by atoms with van der Waals surface area (Å²) in [4.78, 5) is 2.51. The third-order valence-corrected chi connectivity index (χ3v) is 3.57. The molecule has 2 aliphatic heterocycles. The first kappa shape index (κ1) is 11.6. The molecule has 2 aliphatic rings. The first-order valence-electron chi connectivity index (χ1n) is 6.49. The van der Waals surface area contributed by atoms with Crippen LogP contribution in [0.3, 0.4) is 0 Å². The quantitative estimate of drug-likeness (QED) is 0.646. The third-order valence-electron chi connectivity index (χ3n) is 3.57. The van der Waals surface area contributed by atoms with Gasteiger partial charge in [-0.1, -0.05) is 6.92 Å². The summed E-state index contributed by atoms with van der Waals surface area (Å²) in [5.41, 5.74) is 1.43. The zero-order chi connectivity index (χ0) is 11.4. The molecule has 0 aromatic carbocycles. The summed E-state index contributed by atoms with van der Waals surface area (Å²) in [6.07, 6.45) is 4.89. The number of rotatable bonds is 5. The predicted octanol–water partition coefficient (Wildman–Crippen LogP) is 0.790. The molecule has 4 nitrogen and oxygen atoms in total. The van der Waals surface area contributed by atoms with E-state index in [2.05, 4.69) is 27.8 Å². The molecule has 0 radical (unpaired) electrons. The highest BCUT2D eigenvalue weighted by Gasteiger charge is 2.28. The molecule has 4 heteroatoms. The molecule has 2 heterocycles. The van der Waals surface area contributed by atoms with Crippen LogP contribution >= 0.6 is 0 Å². The predicted molar refractivity (Wildman–Crippen MR) is 66.7 cm³/mol. The van der Waals surface area contributed by atoms with Gasteiger partial charge in [-0.2, -0.15) is 0 Å². The summed E-state index contributed by atoms with van der Waals surface area (Å²) < 4.78 is 0. The molecule has 0 saturated carbocycles. The molecule has 0 amide bonds. The van der Waals surface area contributed by atoms with Gasteiger partial charge in [-0.05, 0) is 39.3 Å². The zero-order valence-corrected chi connectivity index (χ0v) is 10.5. The van der Waals surface area contributed by atoms with E-state index in [9.17, 15) is 0 Å². The van der Waals surface area contributed by atoms with Gasteiger partial charge in [0.15, 0.2) is 0 Å². The van der Waals surface area contributed by atoms with E-state index in [0.29, 0.717) is 6.04 Å². The van der Waals surface area contributed by atoms with Crippen molar-refractivity contribution in [2.75, 3.05) is 26.8 Å². The second-order valence-corrected chi connectivity index (χ2v) is 4.62. The highest BCUT2D eigenvalue weighted by Crippen LogP contribution is 2.24. The van der Waals surface area contributed by atoms with Crippen LogP contribution in [0.5, 0.6) is 0 Å². The van der Waals surface area contributed by atoms with Crippen molar-refractivity contribution in [3.63, 3.8) is 0 Å². The molecule has 1 unspecified atom stereocenters. The summed E-state index contributed by atoms with van der Waals surface area (Å²) in [6.45, 7) is 5.48. The van der Waals surface area contributed by atoms with Gasteiger partial charge < -0.3 is 20.9 Å². The highest BCUT2D eigenvalue weighted by molar-refractivity contribution is 5.18. The van der Waals surface area contributed by atoms with E-state index < -0.39 is 0 Å². The minimum atomic E-state index is 0.651. The van der Waals surface area contributed by atoms with Crippen molar-refractivity contribution in [3.05, 3.63) is 11.5 Å². The Hall–Kier alpha value is -0.900. The minimum absolute atomic E-state index is 0.651. The van der Waals surface area contributed by atoms with E-state index in [0.717, 1.165) is 19.8 Å². The van der Waals surface area contributed by atoms with Gasteiger partial charge in [-0.3, -0.25) is 0 Å². The summed E-state index contributed by atoms with van der Waals surface area (Å²) in [5.74, 6) is 1.37. The average Bonchev–Trinajstić information content (AvgIpc) is 2.75. The molecule has 2 rings (SSSR count). The van der Waals surface area contributed by atoms with Crippen molar-refractivity contribution in [3.8, 4) is 0 Å². The van der Waals surface area contributed by atoms with Gasteiger partial charge in [0.1, 0.15) is 5.82 Å². The standard InChI is InChI=1S/C12H24N4/c1-3-10(6-8-13-2)16-9-15-11-5-4-7-14-12(11)16/h10,13-15H,3-9H2,1-2H3. The van der Waals surface area contributed by atoms with E-state index in [-0.39, 0.29) is 0 Å². The third kappa shape index (κ3) is 2.26. The molecule has 3 N–H and O–H groups in total. The number of hydrogen-bond donors (Lipinski definition) is 3. The van der Waals surface area contributed by atoms with E-state index >= 15 is 0 Å². The Bertz CT molecular complexity index is 262. The molecular formula is C12H24N4. The van der Waals surface area contributed by atoms with Crippen molar-refractivity contribution in [1.29, 1.82) is 0 Å². The van der Waals surface area contributed by atoms with Crippen LogP contribution < -0.4 is 16.0 Å². The smallest absolute Gasteiger partial charge is 0.123 e. The monoisotopic (exact) mass is 224 g/mol. The fraction of sp³-hybridized carbons (Fsp3) is 0.833. The molecule has 0 aromatic rings. The summed E-state index contributed by atoms with van der Waals surface area (Å²) in [7, 11) is 2.03. The van der Waals surface area contributed by atoms with Crippen LogP contribution in [0.1, 0.15) is 32.6 Å². The molecule has 0 bridgehead atoms. The largest absolute Gasteiger partial charge is 0.370 e. The fourth-order valence-corrected chi connectivity index (χ4v) is 2.61. The van der Waals surface area contributed by atoms with Crippen LogP contribution in [0.15, 0.2) is 11.5 Å².